The van der Waals surface area contributed by atoms with Crippen LogP contribution < -0.4 is 0 Å². The normalized spacial score (nSPS) is 21.1. The fourth-order valence-corrected chi connectivity index (χ4v) is 3.54. The molecule has 0 radical (unpaired) electrons. The SMILES string of the molecule is CC(CN1CCCC(C(=O)O)C1)c1nc(CC(=O)O)cs1. The molecule has 0 bridgehead atoms. The minimum atomic E-state index is -0.875. The van der Waals surface area contributed by atoms with Gasteiger partial charge in [-0.3, -0.25) is 9.59 Å². The van der Waals surface area contributed by atoms with Crippen LogP contribution in [-0.4, -0.2) is 51.7 Å². The van der Waals surface area contributed by atoms with Crippen LogP contribution in [0, 0.1) is 5.92 Å². The smallest absolute Gasteiger partial charge is 0.309 e. The Morgan fingerprint density at radius 1 is 1.52 bits per heavy atom. The lowest BCUT2D eigenvalue weighted by atomic mass is 9.97. The van der Waals surface area contributed by atoms with E-state index in [9.17, 15) is 9.59 Å². The number of thiazole rings is 1. The van der Waals surface area contributed by atoms with Crippen molar-refractivity contribution in [2.45, 2.75) is 32.1 Å². The lowest BCUT2D eigenvalue weighted by Gasteiger charge is -2.32. The average Bonchev–Trinajstić information content (AvgIpc) is 2.86. The van der Waals surface area contributed by atoms with Gasteiger partial charge < -0.3 is 15.1 Å². The van der Waals surface area contributed by atoms with E-state index >= 15 is 0 Å². The van der Waals surface area contributed by atoms with Crippen molar-refractivity contribution in [3.63, 3.8) is 0 Å². The van der Waals surface area contributed by atoms with Crippen molar-refractivity contribution in [2.24, 2.45) is 5.92 Å². The summed E-state index contributed by atoms with van der Waals surface area (Å²) in [5.74, 6) is -1.68. The van der Waals surface area contributed by atoms with Crippen molar-refractivity contribution in [1.29, 1.82) is 0 Å². The molecule has 2 heterocycles. The molecule has 2 atom stereocenters. The van der Waals surface area contributed by atoms with Gasteiger partial charge in [-0.05, 0) is 19.4 Å². The minimum absolute atomic E-state index is 0.0476. The van der Waals surface area contributed by atoms with Gasteiger partial charge in [-0.15, -0.1) is 11.3 Å². The number of hydrogen-bond donors (Lipinski definition) is 2. The maximum absolute atomic E-state index is 11.1. The molecule has 0 saturated carbocycles. The van der Waals surface area contributed by atoms with Crippen molar-refractivity contribution in [1.82, 2.24) is 9.88 Å². The Morgan fingerprint density at radius 3 is 2.95 bits per heavy atom. The second kappa shape index (κ2) is 7.00. The van der Waals surface area contributed by atoms with Crippen molar-refractivity contribution >= 4 is 23.3 Å². The quantitative estimate of drug-likeness (QED) is 0.830. The third kappa shape index (κ3) is 4.50. The summed E-state index contributed by atoms with van der Waals surface area (Å²) in [5, 5.41) is 20.6. The Kier molecular flexibility index (Phi) is 5.30. The predicted octanol–water partition coefficient (Wildman–Crippen LogP) is 1.67. The van der Waals surface area contributed by atoms with Gasteiger partial charge in [0.05, 0.1) is 23.0 Å². The topological polar surface area (TPSA) is 90.7 Å². The molecular weight excluding hydrogens is 292 g/mol. The maximum atomic E-state index is 11.1. The molecule has 6 nitrogen and oxygen atoms in total. The van der Waals surface area contributed by atoms with Gasteiger partial charge in [0.2, 0.25) is 0 Å². The number of carboxylic acid groups (broad SMARTS) is 2. The highest BCUT2D eigenvalue weighted by Crippen LogP contribution is 2.24. The molecule has 0 amide bonds. The Labute approximate surface area is 127 Å². The molecule has 0 aromatic carbocycles. The highest BCUT2D eigenvalue weighted by Gasteiger charge is 2.26. The van der Waals surface area contributed by atoms with E-state index in [0.717, 1.165) is 30.9 Å². The van der Waals surface area contributed by atoms with Gasteiger partial charge in [-0.25, -0.2) is 4.98 Å². The van der Waals surface area contributed by atoms with Crippen LogP contribution in [0.1, 0.15) is 36.4 Å². The molecule has 2 N–H and O–H groups in total. The summed E-state index contributed by atoms with van der Waals surface area (Å²) in [6.07, 6.45) is 1.61. The first kappa shape index (κ1) is 15.9. The van der Waals surface area contributed by atoms with Crippen LogP contribution in [0.25, 0.3) is 0 Å². The van der Waals surface area contributed by atoms with E-state index in [1.807, 2.05) is 6.92 Å². The Morgan fingerprint density at radius 2 is 2.29 bits per heavy atom. The summed E-state index contributed by atoms with van der Waals surface area (Å²) in [6, 6.07) is 0. The van der Waals surface area contributed by atoms with Crippen LogP contribution in [0.3, 0.4) is 0 Å². The van der Waals surface area contributed by atoms with Gasteiger partial charge in [0.1, 0.15) is 0 Å². The lowest BCUT2D eigenvalue weighted by Crippen LogP contribution is -2.40. The van der Waals surface area contributed by atoms with Crippen molar-refractivity contribution in [3.05, 3.63) is 16.1 Å². The molecular formula is C14H20N2O4S. The summed E-state index contributed by atoms with van der Waals surface area (Å²) in [5.41, 5.74) is 0.594. The molecule has 1 fully saturated rings. The second-order valence-corrected chi connectivity index (χ2v) is 6.48. The number of aromatic nitrogens is 1. The molecule has 2 unspecified atom stereocenters. The monoisotopic (exact) mass is 312 g/mol. The maximum Gasteiger partial charge on any atom is 0.309 e. The lowest BCUT2D eigenvalue weighted by molar-refractivity contribution is -0.143. The fraction of sp³-hybridized carbons (Fsp3) is 0.643. The number of likely N-dealkylation sites (tertiary alicyclic amines) is 1. The molecule has 116 valence electrons. The zero-order valence-electron chi connectivity index (χ0n) is 12.0. The van der Waals surface area contributed by atoms with Crippen LogP contribution in [0.2, 0.25) is 0 Å². The van der Waals surface area contributed by atoms with E-state index in [4.69, 9.17) is 10.2 Å². The third-order valence-electron chi connectivity index (χ3n) is 3.71. The minimum Gasteiger partial charge on any atom is -0.481 e. The fourth-order valence-electron chi connectivity index (χ4n) is 2.67. The molecule has 1 aromatic rings. The Bertz CT molecular complexity index is 517. The first-order chi connectivity index (χ1) is 9.95. The number of aliphatic carboxylic acids is 2. The number of hydrogen-bond acceptors (Lipinski definition) is 5. The summed E-state index contributed by atoms with van der Waals surface area (Å²) in [6.45, 7) is 4.33. The first-order valence-corrected chi connectivity index (χ1v) is 7.95. The van der Waals surface area contributed by atoms with Gasteiger partial charge >= 0.3 is 11.9 Å². The molecule has 0 aliphatic carbocycles. The van der Waals surface area contributed by atoms with Gasteiger partial charge in [0.15, 0.2) is 0 Å². The highest BCUT2D eigenvalue weighted by molar-refractivity contribution is 7.09. The molecule has 7 heteroatoms. The number of rotatable bonds is 6. The summed E-state index contributed by atoms with van der Waals surface area (Å²) >= 11 is 1.48. The molecule has 1 aromatic heterocycles. The molecule has 1 aliphatic heterocycles. The van der Waals surface area contributed by atoms with Gasteiger partial charge in [0, 0.05) is 24.4 Å². The molecule has 1 saturated heterocycles. The number of nitrogens with zero attached hydrogens (tertiary/aromatic N) is 2. The average molecular weight is 312 g/mol. The second-order valence-electron chi connectivity index (χ2n) is 5.59. The van der Waals surface area contributed by atoms with E-state index in [1.165, 1.54) is 11.3 Å². The van der Waals surface area contributed by atoms with E-state index in [1.54, 1.807) is 5.38 Å². The number of piperidine rings is 1. The molecule has 2 rings (SSSR count). The number of carboxylic acids is 2. The molecule has 0 spiro atoms. The molecule has 21 heavy (non-hydrogen) atoms. The molecule has 1 aliphatic rings. The Balaban J connectivity index is 1.91. The van der Waals surface area contributed by atoms with Gasteiger partial charge in [-0.2, -0.15) is 0 Å². The van der Waals surface area contributed by atoms with E-state index in [-0.39, 0.29) is 18.3 Å². The predicted molar refractivity (Wildman–Crippen MR) is 78.7 cm³/mol. The highest BCUT2D eigenvalue weighted by atomic mass is 32.1. The zero-order valence-corrected chi connectivity index (χ0v) is 12.8. The first-order valence-electron chi connectivity index (χ1n) is 7.07. The van der Waals surface area contributed by atoms with Crippen LogP contribution >= 0.6 is 11.3 Å². The summed E-state index contributed by atoms with van der Waals surface area (Å²) in [7, 11) is 0. The van der Waals surface area contributed by atoms with Crippen LogP contribution in [-0.2, 0) is 16.0 Å². The zero-order chi connectivity index (χ0) is 15.4. The van der Waals surface area contributed by atoms with E-state index < -0.39 is 11.9 Å². The van der Waals surface area contributed by atoms with Crippen molar-refractivity contribution < 1.29 is 19.8 Å². The van der Waals surface area contributed by atoms with Gasteiger partial charge in [-0.1, -0.05) is 6.92 Å². The van der Waals surface area contributed by atoms with E-state index in [0.29, 0.717) is 12.2 Å². The van der Waals surface area contributed by atoms with Crippen molar-refractivity contribution in [3.8, 4) is 0 Å². The number of carbonyl (C=O) groups is 2. The van der Waals surface area contributed by atoms with Crippen LogP contribution in [0.5, 0.6) is 0 Å². The van der Waals surface area contributed by atoms with E-state index in [2.05, 4.69) is 9.88 Å². The third-order valence-corrected chi connectivity index (χ3v) is 4.84. The Hall–Kier alpha value is -1.47. The summed E-state index contributed by atoms with van der Waals surface area (Å²) < 4.78 is 0. The van der Waals surface area contributed by atoms with Crippen LogP contribution in [0.4, 0.5) is 0 Å². The van der Waals surface area contributed by atoms with Crippen LogP contribution in [0.15, 0.2) is 5.38 Å². The largest absolute Gasteiger partial charge is 0.481 e. The summed E-state index contributed by atoms with van der Waals surface area (Å²) in [4.78, 5) is 28.3. The van der Waals surface area contributed by atoms with Gasteiger partial charge in [0.25, 0.3) is 0 Å². The van der Waals surface area contributed by atoms with Crippen molar-refractivity contribution in [2.75, 3.05) is 19.6 Å². The standard InChI is InChI=1S/C14H20N2O4S/c1-9(13-15-11(8-21-13)5-12(17)18)6-16-4-2-3-10(7-16)14(19)20/h8-10H,2-7H2,1H3,(H,17,18)(H,19,20).